The molecule has 0 radical (unpaired) electrons. The van der Waals surface area contributed by atoms with Gasteiger partial charge < -0.3 is 19.1 Å². The molecule has 5 nitrogen and oxygen atoms in total. The van der Waals surface area contributed by atoms with Gasteiger partial charge in [0, 0.05) is 20.2 Å². The Hall–Kier alpha value is -2.53. The number of hydrogen-bond donors (Lipinski definition) is 0. The molecule has 1 aliphatic rings. The van der Waals surface area contributed by atoms with Crippen LogP contribution >= 0.6 is 0 Å². The predicted octanol–water partition coefficient (Wildman–Crippen LogP) is 2.98. The van der Waals surface area contributed by atoms with Crippen molar-refractivity contribution in [2.24, 2.45) is 0 Å². The summed E-state index contributed by atoms with van der Waals surface area (Å²) >= 11 is 0. The zero-order valence-corrected chi connectivity index (χ0v) is 14.8. The van der Waals surface area contributed by atoms with Gasteiger partial charge in [-0.1, -0.05) is 30.3 Å². The second kappa shape index (κ2) is 7.57. The largest absolute Gasteiger partial charge is 0.493 e. The lowest BCUT2D eigenvalue weighted by Gasteiger charge is -2.24. The van der Waals surface area contributed by atoms with E-state index < -0.39 is 6.10 Å². The molecule has 25 heavy (non-hydrogen) atoms. The number of benzene rings is 2. The van der Waals surface area contributed by atoms with Crippen LogP contribution in [0.2, 0.25) is 0 Å². The first-order valence-electron chi connectivity index (χ1n) is 8.28. The molecule has 0 N–H and O–H groups in total. The summed E-state index contributed by atoms with van der Waals surface area (Å²) in [6, 6.07) is 13.8. The Morgan fingerprint density at radius 3 is 2.36 bits per heavy atom. The number of carbonyl (C=O) groups is 1. The smallest absolute Gasteiger partial charge is 0.256 e. The summed E-state index contributed by atoms with van der Waals surface area (Å²) in [5.74, 6) is 1.24. The Morgan fingerprint density at radius 1 is 1.04 bits per heavy atom. The number of nitrogens with zero attached hydrogens (tertiary/aromatic N) is 1. The van der Waals surface area contributed by atoms with Crippen molar-refractivity contribution in [1.29, 1.82) is 0 Å². The van der Waals surface area contributed by atoms with Crippen molar-refractivity contribution in [1.82, 2.24) is 4.90 Å². The van der Waals surface area contributed by atoms with Crippen LogP contribution in [0.5, 0.6) is 11.5 Å². The maximum Gasteiger partial charge on any atom is 0.256 e. The summed E-state index contributed by atoms with van der Waals surface area (Å²) in [5.41, 5.74) is 3.00. The van der Waals surface area contributed by atoms with E-state index in [9.17, 15) is 4.79 Å². The van der Waals surface area contributed by atoms with Crippen LogP contribution in [-0.2, 0) is 22.5 Å². The number of carbonyl (C=O) groups excluding carboxylic acids is 1. The van der Waals surface area contributed by atoms with Crippen molar-refractivity contribution in [3.8, 4) is 11.5 Å². The summed E-state index contributed by atoms with van der Waals surface area (Å²) in [4.78, 5) is 14.9. The molecule has 0 fully saturated rings. The highest BCUT2D eigenvalue weighted by Crippen LogP contribution is 2.37. The van der Waals surface area contributed by atoms with Gasteiger partial charge in [0.15, 0.2) is 17.6 Å². The van der Waals surface area contributed by atoms with Crippen LogP contribution in [-0.4, -0.2) is 38.7 Å². The Bertz CT molecular complexity index is 745. The summed E-state index contributed by atoms with van der Waals surface area (Å²) in [6.07, 6.45) is 0.106. The minimum absolute atomic E-state index is 0.0303. The van der Waals surface area contributed by atoms with Gasteiger partial charge in [0.25, 0.3) is 5.91 Å². The first kappa shape index (κ1) is 17.3. The van der Waals surface area contributed by atoms with E-state index in [0.29, 0.717) is 24.6 Å². The van der Waals surface area contributed by atoms with E-state index in [1.165, 1.54) is 0 Å². The Kier molecular flexibility index (Phi) is 5.24. The van der Waals surface area contributed by atoms with Crippen LogP contribution in [0.1, 0.15) is 22.8 Å². The fraction of sp³-hybridized carbons (Fsp3) is 0.350. The van der Waals surface area contributed by atoms with Gasteiger partial charge in [-0.05, 0) is 35.2 Å². The van der Waals surface area contributed by atoms with Crippen molar-refractivity contribution < 1.29 is 19.0 Å². The molecule has 5 heteroatoms. The number of rotatable bonds is 5. The summed E-state index contributed by atoms with van der Waals surface area (Å²) in [5, 5.41) is 0. The summed E-state index contributed by atoms with van der Waals surface area (Å²) < 4.78 is 16.3. The maximum atomic E-state index is 13.0. The molecule has 0 aliphatic carbocycles. The first-order valence-corrected chi connectivity index (χ1v) is 8.28. The van der Waals surface area contributed by atoms with Crippen LogP contribution in [0.25, 0.3) is 0 Å². The normalized spacial score (nSPS) is 17.0. The lowest BCUT2D eigenvalue weighted by molar-refractivity contribution is -0.142. The van der Waals surface area contributed by atoms with Gasteiger partial charge in [-0.3, -0.25) is 4.79 Å². The number of hydrogen-bond acceptors (Lipinski definition) is 4. The van der Waals surface area contributed by atoms with Crippen LogP contribution in [0.4, 0.5) is 0 Å². The molecule has 0 spiro atoms. The second-order valence-electron chi connectivity index (χ2n) is 6.02. The summed E-state index contributed by atoms with van der Waals surface area (Å²) in [6.45, 7) is 1.21. The minimum atomic E-state index is -0.638. The van der Waals surface area contributed by atoms with Crippen molar-refractivity contribution in [3.63, 3.8) is 0 Å². The third kappa shape index (κ3) is 3.46. The van der Waals surface area contributed by atoms with E-state index in [2.05, 4.69) is 0 Å². The van der Waals surface area contributed by atoms with E-state index in [-0.39, 0.29) is 5.91 Å². The number of fused-ring (bicyclic) bond motifs is 1. The van der Waals surface area contributed by atoms with E-state index in [0.717, 1.165) is 23.1 Å². The van der Waals surface area contributed by atoms with Gasteiger partial charge in [0.2, 0.25) is 0 Å². The molecule has 1 amide bonds. The molecule has 132 valence electrons. The molecular weight excluding hydrogens is 318 g/mol. The zero-order valence-electron chi connectivity index (χ0n) is 14.8. The molecule has 2 aromatic rings. The quantitative estimate of drug-likeness (QED) is 0.839. The molecule has 1 unspecified atom stereocenters. The highest BCUT2D eigenvalue weighted by atomic mass is 16.5. The number of ether oxygens (including phenoxy) is 3. The van der Waals surface area contributed by atoms with Crippen molar-refractivity contribution in [2.75, 3.05) is 27.9 Å². The van der Waals surface area contributed by atoms with E-state index in [4.69, 9.17) is 14.2 Å². The molecule has 3 rings (SSSR count). The molecule has 0 saturated heterocycles. The monoisotopic (exact) mass is 341 g/mol. The standard InChI is InChI=1S/C20H23NO4/c1-23-17-11-15-9-10-21(13-14-7-5-4-6-8-14)20(22)19(25-3)16(15)12-18(17)24-2/h4-8,11-12,19H,9-10,13H2,1-3H3. The SMILES string of the molecule is COc1cc2c(cc1OC)C(OC)C(=O)N(Cc1ccccc1)CC2. The molecule has 0 saturated carbocycles. The molecule has 0 aromatic heterocycles. The van der Waals surface area contributed by atoms with Crippen LogP contribution in [0, 0.1) is 0 Å². The topological polar surface area (TPSA) is 48.0 Å². The van der Waals surface area contributed by atoms with Crippen molar-refractivity contribution in [3.05, 3.63) is 59.2 Å². The fourth-order valence-corrected chi connectivity index (χ4v) is 3.25. The lowest BCUT2D eigenvalue weighted by Crippen LogP contribution is -2.34. The first-order chi connectivity index (χ1) is 12.2. The van der Waals surface area contributed by atoms with Gasteiger partial charge in [-0.2, -0.15) is 0 Å². The second-order valence-corrected chi connectivity index (χ2v) is 6.02. The van der Waals surface area contributed by atoms with Crippen LogP contribution in [0.3, 0.4) is 0 Å². The molecule has 1 atom stereocenters. The predicted molar refractivity (Wildman–Crippen MR) is 94.9 cm³/mol. The van der Waals surface area contributed by atoms with Crippen molar-refractivity contribution >= 4 is 5.91 Å². The highest BCUT2D eigenvalue weighted by molar-refractivity contribution is 5.84. The third-order valence-electron chi connectivity index (χ3n) is 4.57. The van der Waals surface area contributed by atoms with Crippen LogP contribution < -0.4 is 9.47 Å². The zero-order chi connectivity index (χ0) is 17.8. The Labute approximate surface area is 148 Å². The fourth-order valence-electron chi connectivity index (χ4n) is 3.25. The van der Waals surface area contributed by atoms with Gasteiger partial charge >= 0.3 is 0 Å². The van der Waals surface area contributed by atoms with Gasteiger partial charge in [0.05, 0.1) is 14.2 Å². The summed E-state index contributed by atoms with van der Waals surface area (Å²) in [7, 11) is 4.77. The number of methoxy groups -OCH3 is 3. The van der Waals surface area contributed by atoms with E-state index in [1.54, 1.807) is 21.3 Å². The van der Waals surface area contributed by atoms with Gasteiger partial charge in [-0.15, -0.1) is 0 Å². The Balaban J connectivity index is 1.94. The van der Waals surface area contributed by atoms with Gasteiger partial charge in [-0.25, -0.2) is 0 Å². The van der Waals surface area contributed by atoms with Gasteiger partial charge in [0.1, 0.15) is 0 Å². The Morgan fingerprint density at radius 2 is 1.72 bits per heavy atom. The van der Waals surface area contributed by atoms with E-state index >= 15 is 0 Å². The highest BCUT2D eigenvalue weighted by Gasteiger charge is 2.32. The maximum absolute atomic E-state index is 13.0. The third-order valence-corrected chi connectivity index (χ3v) is 4.57. The molecular formula is C20H23NO4. The van der Waals surface area contributed by atoms with E-state index in [1.807, 2.05) is 47.4 Å². The molecule has 1 heterocycles. The molecule has 2 aromatic carbocycles. The van der Waals surface area contributed by atoms with Crippen LogP contribution in [0.15, 0.2) is 42.5 Å². The average molecular weight is 341 g/mol. The molecule has 0 bridgehead atoms. The number of amides is 1. The molecule has 1 aliphatic heterocycles. The van der Waals surface area contributed by atoms with Crippen molar-refractivity contribution in [2.45, 2.75) is 19.1 Å². The minimum Gasteiger partial charge on any atom is -0.493 e. The average Bonchev–Trinajstić information content (AvgIpc) is 2.78. The lowest BCUT2D eigenvalue weighted by atomic mass is 10.00.